The van der Waals surface area contributed by atoms with E-state index in [9.17, 15) is 4.89 Å². The zero-order valence-electron chi connectivity index (χ0n) is 10.0. The average molecular weight is 221 g/mol. The lowest BCUT2D eigenvalue weighted by Crippen LogP contribution is -2.33. The quantitative estimate of drug-likeness (QED) is 0.529. The fourth-order valence-corrected chi connectivity index (χ4v) is 3.30. The molecule has 0 saturated carbocycles. The van der Waals surface area contributed by atoms with Crippen LogP contribution in [0.5, 0.6) is 0 Å². The molecular weight excluding hydrogens is 197 g/mol. The van der Waals surface area contributed by atoms with E-state index in [0.29, 0.717) is 12.1 Å². The van der Waals surface area contributed by atoms with Crippen molar-refractivity contribution in [2.24, 2.45) is 0 Å². The van der Waals surface area contributed by atoms with Crippen LogP contribution in [-0.2, 0) is 4.74 Å². The van der Waals surface area contributed by atoms with Gasteiger partial charge in [0.25, 0.3) is 0 Å². The number of rotatable bonds is 7. The van der Waals surface area contributed by atoms with Gasteiger partial charge in [-0.25, -0.2) is 0 Å². The van der Waals surface area contributed by atoms with Crippen molar-refractivity contribution in [2.75, 3.05) is 19.9 Å². The Bertz CT molecular complexity index is 134. The molecule has 0 spiro atoms. The van der Waals surface area contributed by atoms with Gasteiger partial charge in [-0.05, 0) is 34.1 Å². The van der Waals surface area contributed by atoms with Gasteiger partial charge in [0.05, 0.1) is 0 Å². The molecule has 86 valence electrons. The third kappa shape index (κ3) is 5.26. The Kier molecular flexibility index (Phi) is 7.75. The molecule has 0 aliphatic carbocycles. The Morgan fingerprint density at radius 2 is 1.71 bits per heavy atom. The van der Waals surface area contributed by atoms with Crippen molar-refractivity contribution in [3.05, 3.63) is 0 Å². The minimum atomic E-state index is -0.981. The van der Waals surface area contributed by atoms with Gasteiger partial charge in [0.2, 0.25) is 0 Å². The van der Waals surface area contributed by atoms with Crippen LogP contribution in [0.25, 0.3) is 0 Å². The Hall–Kier alpha value is 0.310. The van der Waals surface area contributed by atoms with E-state index in [1.165, 1.54) is 0 Å². The smallest absolute Gasteiger partial charge is 0.101 e. The van der Waals surface area contributed by atoms with Crippen LogP contribution < -0.4 is 0 Å². The molecule has 1 unspecified atom stereocenters. The summed E-state index contributed by atoms with van der Waals surface area (Å²) in [5, 5.41) is 0. The third-order valence-electron chi connectivity index (χ3n) is 2.03. The molecule has 0 aromatic rings. The highest BCUT2D eigenvalue weighted by Gasteiger charge is 2.21. The fraction of sp³-hybridized carbons (Fsp3) is 1.00. The van der Waals surface area contributed by atoms with E-state index in [1.807, 2.05) is 0 Å². The number of hydrogen-bond donors (Lipinski definition) is 1. The Balaban J connectivity index is 3.96. The summed E-state index contributed by atoms with van der Waals surface area (Å²) in [6.45, 7) is 9.25. The Morgan fingerprint density at radius 3 is 2.07 bits per heavy atom. The van der Waals surface area contributed by atoms with Gasteiger partial charge in [-0.1, -0.05) is 0 Å². The van der Waals surface area contributed by atoms with Gasteiger partial charge in [0.1, 0.15) is 8.30 Å². The van der Waals surface area contributed by atoms with E-state index in [-0.39, 0.29) is 0 Å². The van der Waals surface area contributed by atoms with Gasteiger partial charge in [-0.15, -0.1) is 0 Å². The van der Waals surface area contributed by atoms with Gasteiger partial charge in [0.15, 0.2) is 0 Å². The van der Waals surface area contributed by atoms with Crippen molar-refractivity contribution < 1.29 is 9.63 Å². The Labute approximate surface area is 89.3 Å². The maximum atomic E-state index is 10.0. The summed E-state index contributed by atoms with van der Waals surface area (Å²) in [7, 11) is 0.716. The summed E-state index contributed by atoms with van der Waals surface area (Å²) < 4.78 is 7.16. The second-order valence-electron chi connectivity index (χ2n) is 4.01. The van der Waals surface area contributed by atoms with Crippen LogP contribution in [0, 0.1) is 0 Å². The lowest BCUT2D eigenvalue weighted by Gasteiger charge is -2.34. The summed E-state index contributed by atoms with van der Waals surface area (Å²) in [6.07, 6.45) is 1.79. The van der Waals surface area contributed by atoms with Crippen LogP contribution in [0.3, 0.4) is 0 Å². The summed E-state index contributed by atoms with van der Waals surface area (Å²) in [4.78, 5) is 10.0. The molecule has 0 aromatic carbocycles. The van der Waals surface area contributed by atoms with Crippen LogP contribution in [0.15, 0.2) is 0 Å². The molecule has 0 aromatic heterocycles. The molecule has 0 amide bonds. The van der Waals surface area contributed by atoms with Crippen molar-refractivity contribution in [1.29, 1.82) is 0 Å². The molecule has 4 heteroatoms. The molecule has 0 heterocycles. The SMILES string of the molecule is COCCCP(O)N(C(C)C)C(C)C. The van der Waals surface area contributed by atoms with Crippen LogP contribution in [0.2, 0.25) is 0 Å². The van der Waals surface area contributed by atoms with E-state index in [4.69, 9.17) is 4.74 Å². The predicted octanol–water partition coefficient (Wildman–Crippen LogP) is 2.45. The van der Waals surface area contributed by atoms with Gasteiger partial charge in [-0.2, -0.15) is 0 Å². The summed E-state index contributed by atoms with van der Waals surface area (Å²) in [5.74, 6) is 0. The maximum absolute atomic E-state index is 10.0. The van der Waals surface area contributed by atoms with E-state index in [1.54, 1.807) is 7.11 Å². The maximum Gasteiger partial charge on any atom is 0.101 e. The molecule has 14 heavy (non-hydrogen) atoms. The Morgan fingerprint density at radius 1 is 1.21 bits per heavy atom. The lowest BCUT2D eigenvalue weighted by atomic mass is 10.3. The molecule has 1 N–H and O–H groups in total. The first-order valence-corrected chi connectivity index (χ1v) is 6.67. The van der Waals surface area contributed by atoms with Crippen molar-refractivity contribution in [2.45, 2.75) is 46.2 Å². The number of ether oxygens (including phenoxy) is 1. The fourth-order valence-electron chi connectivity index (χ4n) is 1.60. The second-order valence-corrected chi connectivity index (χ2v) is 5.66. The first-order valence-electron chi connectivity index (χ1n) is 5.24. The van der Waals surface area contributed by atoms with Crippen LogP contribution >= 0.6 is 8.30 Å². The normalized spacial score (nSPS) is 14.4. The van der Waals surface area contributed by atoms with Crippen molar-refractivity contribution in [1.82, 2.24) is 4.67 Å². The largest absolute Gasteiger partial charge is 0.385 e. The third-order valence-corrected chi connectivity index (χ3v) is 4.20. The first-order chi connectivity index (χ1) is 6.50. The topological polar surface area (TPSA) is 32.7 Å². The van der Waals surface area contributed by atoms with Crippen LogP contribution in [0.1, 0.15) is 34.1 Å². The lowest BCUT2D eigenvalue weighted by molar-refractivity contribution is 0.198. The molecule has 0 aliphatic rings. The summed E-state index contributed by atoms with van der Waals surface area (Å²) >= 11 is 0. The van der Waals surface area contributed by atoms with Gasteiger partial charge in [-0.3, -0.25) is 4.67 Å². The van der Waals surface area contributed by atoms with E-state index in [0.717, 1.165) is 19.2 Å². The van der Waals surface area contributed by atoms with Crippen molar-refractivity contribution in [3.8, 4) is 0 Å². The molecule has 0 fully saturated rings. The molecule has 0 radical (unpaired) electrons. The predicted molar refractivity (Wildman–Crippen MR) is 62.6 cm³/mol. The van der Waals surface area contributed by atoms with Crippen LogP contribution in [-0.4, -0.2) is 41.5 Å². The molecule has 0 saturated heterocycles. The highest BCUT2D eigenvalue weighted by molar-refractivity contribution is 7.48. The number of methoxy groups -OCH3 is 1. The summed E-state index contributed by atoms with van der Waals surface area (Å²) in [6, 6.07) is 0.822. The molecule has 0 rings (SSSR count). The highest BCUT2D eigenvalue weighted by Crippen LogP contribution is 2.39. The molecule has 0 aliphatic heterocycles. The van der Waals surface area contributed by atoms with E-state index < -0.39 is 8.30 Å². The molecule has 1 atom stereocenters. The van der Waals surface area contributed by atoms with Gasteiger partial charge >= 0.3 is 0 Å². The van der Waals surface area contributed by atoms with Crippen molar-refractivity contribution in [3.63, 3.8) is 0 Å². The zero-order valence-corrected chi connectivity index (χ0v) is 10.9. The standard InChI is InChI=1S/C10H24NO2P/c1-9(2)11(10(3)4)14(12)8-6-7-13-5/h9-10,12H,6-8H2,1-5H3. The highest BCUT2D eigenvalue weighted by atomic mass is 31.2. The molecular formula is C10H24NO2P. The van der Waals surface area contributed by atoms with Crippen molar-refractivity contribution >= 4 is 8.30 Å². The molecule has 3 nitrogen and oxygen atoms in total. The summed E-state index contributed by atoms with van der Waals surface area (Å²) in [5.41, 5.74) is 0. The first kappa shape index (κ1) is 14.3. The van der Waals surface area contributed by atoms with E-state index >= 15 is 0 Å². The second kappa shape index (κ2) is 7.58. The average Bonchev–Trinajstić information content (AvgIpc) is 2.03. The minimum absolute atomic E-state index is 0.411. The minimum Gasteiger partial charge on any atom is -0.385 e. The van der Waals surface area contributed by atoms with Crippen LogP contribution in [0.4, 0.5) is 0 Å². The van der Waals surface area contributed by atoms with Gasteiger partial charge < -0.3 is 9.63 Å². The van der Waals surface area contributed by atoms with E-state index in [2.05, 4.69) is 32.4 Å². The number of hydrogen-bond acceptors (Lipinski definition) is 3. The molecule has 0 bridgehead atoms. The van der Waals surface area contributed by atoms with Gasteiger partial charge in [0, 0.05) is 32.0 Å². The monoisotopic (exact) mass is 221 g/mol. The number of nitrogens with zero attached hydrogens (tertiary/aromatic N) is 1. The zero-order chi connectivity index (χ0) is 11.1.